The van der Waals surface area contributed by atoms with Crippen LogP contribution in [0, 0.1) is 0 Å². The maximum Gasteiger partial charge on any atom is 0.326 e. The summed E-state index contributed by atoms with van der Waals surface area (Å²) in [6.07, 6.45) is 1.90. The molecule has 0 amide bonds. The van der Waals surface area contributed by atoms with Gasteiger partial charge in [0.15, 0.2) is 0 Å². The molecule has 1 N–H and O–H groups in total. The van der Waals surface area contributed by atoms with Gasteiger partial charge in [0.1, 0.15) is 0 Å². The minimum Gasteiger partial charge on any atom is -0.304 e. The van der Waals surface area contributed by atoms with E-state index in [-0.39, 0.29) is 11.7 Å². The number of H-pyrrole nitrogens is 1. The molecule has 1 saturated heterocycles. The number of para-hydroxylation sites is 1. The fourth-order valence-corrected chi connectivity index (χ4v) is 4.00. The maximum absolute atomic E-state index is 12.4. The molecule has 0 saturated carbocycles. The van der Waals surface area contributed by atoms with Gasteiger partial charge in [0.05, 0.1) is 16.1 Å². The van der Waals surface area contributed by atoms with E-state index in [0.717, 1.165) is 48.5 Å². The average Bonchev–Trinajstić information content (AvgIpc) is 2.95. The molecule has 0 bridgehead atoms. The quantitative estimate of drug-likeness (QED) is 0.733. The van der Waals surface area contributed by atoms with Gasteiger partial charge >= 0.3 is 5.69 Å². The Morgan fingerprint density at radius 3 is 2.48 bits per heavy atom. The van der Waals surface area contributed by atoms with E-state index in [1.54, 1.807) is 6.07 Å². The summed E-state index contributed by atoms with van der Waals surface area (Å²) in [4.78, 5) is 17.7. The lowest BCUT2D eigenvalue weighted by atomic mass is 10.0. The van der Waals surface area contributed by atoms with Gasteiger partial charge < -0.3 is 4.98 Å². The Kier molecular flexibility index (Phi) is 4.59. The summed E-state index contributed by atoms with van der Waals surface area (Å²) in [6, 6.07) is 13.9. The van der Waals surface area contributed by atoms with Crippen LogP contribution in [0.1, 0.15) is 24.4 Å². The normalized spacial score (nSPS) is 16.6. The van der Waals surface area contributed by atoms with Crippen molar-refractivity contribution in [1.29, 1.82) is 0 Å². The van der Waals surface area contributed by atoms with Crippen LogP contribution in [0.25, 0.3) is 11.0 Å². The van der Waals surface area contributed by atoms with Gasteiger partial charge in [-0.25, -0.2) is 4.79 Å². The Labute approximate surface area is 156 Å². The molecule has 0 aliphatic carbocycles. The van der Waals surface area contributed by atoms with E-state index in [0.29, 0.717) is 5.02 Å². The van der Waals surface area contributed by atoms with Gasteiger partial charge in [0, 0.05) is 30.7 Å². The van der Waals surface area contributed by atoms with E-state index >= 15 is 0 Å². The molecule has 0 radical (unpaired) electrons. The average molecular weight is 376 g/mol. The molecule has 2 aromatic carbocycles. The molecule has 4 rings (SSSR count). The molecule has 25 heavy (non-hydrogen) atoms. The van der Waals surface area contributed by atoms with E-state index < -0.39 is 0 Å². The number of nitrogens with one attached hydrogen (secondary N) is 1. The number of fused-ring (bicyclic) bond motifs is 1. The number of imidazole rings is 1. The van der Waals surface area contributed by atoms with Crippen LogP contribution in [-0.2, 0) is 6.54 Å². The van der Waals surface area contributed by atoms with Crippen molar-refractivity contribution in [2.24, 2.45) is 0 Å². The zero-order valence-electron chi connectivity index (χ0n) is 13.7. The molecule has 2 heterocycles. The molecule has 3 aromatic rings. The third-order valence-electron chi connectivity index (χ3n) is 4.94. The summed E-state index contributed by atoms with van der Waals surface area (Å²) in [7, 11) is 0. The Morgan fingerprint density at radius 2 is 1.76 bits per heavy atom. The predicted octanol–water partition coefficient (Wildman–Crippen LogP) is 4.47. The highest BCUT2D eigenvalue weighted by molar-refractivity contribution is 6.34. The van der Waals surface area contributed by atoms with Crippen LogP contribution in [0.5, 0.6) is 0 Å². The number of aromatic amines is 1. The second-order valence-electron chi connectivity index (χ2n) is 6.57. The minimum absolute atomic E-state index is 0.0701. The fraction of sp³-hybridized carbons (Fsp3) is 0.316. The zero-order chi connectivity index (χ0) is 17.4. The molecule has 1 aromatic heterocycles. The summed E-state index contributed by atoms with van der Waals surface area (Å²) < 4.78 is 1.88. The molecule has 6 heteroatoms. The van der Waals surface area contributed by atoms with Crippen molar-refractivity contribution in [2.75, 3.05) is 13.1 Å². The summed E-state index contributed by atoms with van der Waals surface area (Å²) in [6.45, 7) is 2.85. The Hall–Kier alpha value is -1.75. The number of hydrogen-bond donors (Lipinski definition) is 1. The highest BCUT2D eigenvalue weighted by atomic mass is 35.5. The van der Waals surface area contributed by atoms with E-state index in [2.05, 4.69) is 22.0 Å². The standard InChI is InChI=1S/C19H19Cl2N3O/c20-14-6-4-13(5-7-14)12-23-10-8-15(9-11-23)24-17-3-1-2-16(21)18(17)22-19(24)25/h1-7,15H,8-12H2,(H,22,25). The van der Waals surface area contributed by atoms with Crippen molar-refractivity contribution in [1.82, 2.24) is 14.5 Å². The number of nitrogens with zero attached hydrogens (tertiary/aromatic N) is 2. The number of benzene rings is 2. The number of piperidine rings is 1. The van der Waals surface area contributed by atoms with Crippen LogP contribution in [-0.4, -0.2) is 27.5 Å². The van der Waals surface area contributed by atoms with Crippen molar-refractivity contribution in [3.63, 3.8) is 0 Å². The lowest BCUT2D eigenvalue weighted by Crippen LogP contribution is -2.36. The van der Waals surface area contributed by atoms with E-state index in [4.69, 9.17) is 23.2 Å². The molecule has 1 aliphatic heterocycles. The summed E-state index contributed by atoms with van der Waals surface area (Å²) in [5.41, 5.74) is 2.82. The number of hydrogen-bond acceptors (Lipinski definition) is 2. The topological polar surface area (TPSA) is 41.0 Å². The van der Waals surface area contributed by atoms with Gasteiger partial charge in [-0.15, -0.1) is 0 Å². The molecule has 4 nitrogen and oxygen atoms in total. The maximum atomic E-state index is 12.4. The second-order valence-corrected chi connectivity index (χ2v) is 7.41. The van der Waals surface area contributed by atoms with Crippen molar-refractivity contribution < 1.29 is 0 Å². The lowest BCUT2D eigenvalue weighted by molar-refractivity contribution is 0.180. The third-order valence-corrected chi connectivity index (χ3v) is 5.51. The van der Waals surface area contributed by atoms with Crippen molar-refractivity contribution in [2.45, 2.75) is 25.4 Å². The Morgan fingerprint density at radius 1 is 1.04 bits per heavy atom. The van der Waals surface area contributed by atoms with Gasteiger partial charge in [-0.2, -0.15) is 0 Å². The Balaban J connectivity index is 1.49. The van der Waals surface area contributed by atoms with Gasteiger partial charge in [-0.05, 0) is 42.7 Å². The van der Waals surface area contributed by atoms with Crippen LogP contribution in [0.3, 0.4) is 0 Å². The number of aromatic nitrogens is 2. The SMILES string of the molecule is O=c1[nH]c2c(Cl)cccc2n1C1CCN(Cc2ccc(Cl)cc2)CC1. The second kappa shape index (κ2) is 6.87. The van der Waals surface area contributed by atoms with E-state index in [1.807, 2.05) is 28.8 Å². The van der Waals surface area contributed by atoms with Gasteiger partial charge in [-0.1, -0.05) is 41.4 Å². The van der Waals surface area contributed by atoms with E-state index in [1.165, 1.54) is 5.56 Å². The third kappa shape index (κ3) is 3.34. The highest BCUT2D eigenvalue weighted by Crippen LogP contribution is 2.28. The van der Waals surface area contributed by atoms with Gasteiger partial charge in [0.2, 0.25) is 0 Å². The zero-order valence-corrected chi connectivity index (χ0v) is 15.2. The number of likely N-dealkylation sites (tertiary alicyclic amines) is 1. The van der Waals surface area contributed by atoms with E-state index in [9.17, 15) is 4.79 Å². The van der Waals surface area contributed by atoms with Crippen LogP contribution in [0.4, 0.5) is 0 Å². The van der Waals surface area contributed by atoms with Gasteiger partial charge in [-0.3, -0.25) is 9.47 Å². The van der Waals surface area contributed by atoms with Crippen molar-refractivity contribution in [3.8, 4) is 0 Å². The van der Waals surface area contributed by atoms with Crippen molar-refractivity contribution >= 4 is 34.2 Å². The summed E-state index contributed by atoms with van der Waals surface area (Å²) >= 11 is 12.2. The lowest BCUT2D eigenvalue weighted by Gasteiger charge is -2.32. The minimum atomic E-state index is -0.0701. The predicted molar refractivity (Wildman–Crippen MR) is 103 cm³/mol. The monoisotopic (exact) mass is 375 g/mol. The fourth-order valence-electron chi connectivity index (χ4n) is 3.66. The molecular formula is C19H19Cl2N3O. The molecule has 0 unspecified atom stereocenters. The number of halogens is 2. The largest absolute Gasteiger partial charge is 0.326 e. The molecule has 130 valence electrons. The van der Waals surface area contributed by atoms with Crippen LogP contribution in [0.15, 0.2) is 47.3 Å². The smallest absolute Gasteiger partial charge is 0.304 e. The summed E-state index contributed by atoms with van der Waals surface area (Å²) in [5.74, 6) is 0. The summed E-state index contributed by atoms with van der Waals surface area (Å²) in [5, 5.41) is 1.35. The highest BCUT2D eigenvalue weighted by Gasteiger charge is 2.24. The molecular weight excluding hydrogens is 357 g/mol. The first-order valence-electron chi connectivity index (χ1n) is 8.47. The molecule has 0 atom stereocenters. The van der Waals surface area contributed by atoms with Gasteiger partial charge in [0.25, 0.3) is 0 Å². The van der Waals surface area contributed by atoms with Crippen LogP contribution < -0.4 is 5.69 Å². The first kappa shape index (κ1) is 16.7. The molecule has 0 spiro atoms. The first-order chi connectivity index (χ1) is 12.1. The van der Waals surface area contributed by atoms with Crippen LogP contribution >= 0.6 is 23.2 Å². The molecule has 1 aliphatic rings. The Bertz CT molecular complexity index is 937. The molecule has 1 fully saturated rings. The first-order valence-corrected chi connectivity index (χ1v) is 9.23. The van der Waals surface area contributed by atoms with Crippen molar-refractivity contribution in [3.05, 3.63) is 68.6 Å². The van der Waals surface area contributed by atoms with Crippen LogP contribution in [0.2, 0.25) is 10.0 Å². The number of rotatable bonds is 3.